The summed E-state index contributed by atoms with van der Waals surface area (Å²) in [4.78, 5) is 33.3. The number of hydrogen-bond donors (Lipinski definition) is 1. The number of fused-ring (bicyclic) bond motifs is 1. The van der Waals surface area contributed by atoms with Crippen molar-refractivity contribution in [1.82, 2.24) is 9.88 Å². The van der Waals surface area contributed by atoms with Gasteiger partial charge in [-0.05, 0) is 24.0 Å². The first-order valence-electron chi connectivity index (χ1n) is 10.4. The number of aromatic nitrogens is 1. The summed E-state index contributed by atoms with van der Waals surface area (Å²) in [5.74, 6) is 0.00897. The van der Waals surface area contributed by atoms with E-state index >= 15 is 0 Å². The molecule has 2 amide bonds. The van der Waals surface area contributed by atoms with Crippen molar-refractivity contribution in [2.45, 2.75) is 31.7 Å². The number of nitrogens with zero attached hydrogens (tertiary/aromatic N) is 2. The molecular weight excluding hydrogens is 394 g/mol. The third-order valence-corrected chi connectivity index (χ3v) is 6.73. The van der Waals surface area contributed by atoms with Crippen molar-refractivity contribution < 1.29 is 9.59 Å². The molecule has 3 aromatic rings. The molecule has 2 heterocycles. The fourth-order valence-electron chi connectivity index (χ4n) is 3.94. The van der Waals surface area contributed by atoms with Gasteiger partial charge in [0.25, 0.3) is 0 Å². The number of amides is 2. The van der Waals surface area contributed by atoms with Crippen LogP contribution in [0, 0.1) is 5.92 Å². The summed E-state index contributed by atoms with van der Waals surface area (Å²) >= 11 is 1.50. The highest BCUT2D eigenvalue weighted by molar-refractivity contribution is 7.15. The van der Waals surface area contributed by atoms with E-state index in [9.17, 15) is 9.59 Å². The van der Waals surface area contributed by atoms with E-state index in [4.69, 9.17) is 0 Å². The number of benzene rings is 2. The van der Waals surface area contributed by atoms with Crippen molar-refractivity contribution in [2.24, 2.45) is 5.92 Å². The summed E-state index contributed by atoms with van der Waals surface area (Å²) in [7, 11) is 0. The van der Waals surface area contributed by atoms with Gasteiger partial charge in [0.2, 0.25) is 11.8 Å². The smallest absolute Gasteiger partial charge is 0.234 e. The van der Waals surface area contributed by atoms with Gasteiger partial charge in [-0.2, -0.15) is 0 Å². The SMILES string of the molecule is O=C(Nc1nc2c(s1)CN(C(=O)C(c1ccccc1)c1ccccc1)CC2)C1CC1. The lowest BCUT2D eigenvalue weighted by Gasteiger charge is -2.30. The van der Waals surface area contributed by atoms with Gasteiger partial charge in [0.05, 0.1) is 18.2 Å². The highest BCUT2D eigenvalue weighted by Gasteiger charge is 2.33. The summed E-state index contributed by atoms with van der Waals surface area (Å²) in [6.45, 7) is 1.18. The molecule has 30 heavy (non-hydrogen) atoms. The van der Waals surface area contributed by atoms with E-state index in [-0.39, 0.29) is 23.7 Å². The summed E-state index contributed by atoms with van der Waals surface area (Å²) in [6, 6.07) is 19.9. The summed E-state index contributed by atoms with van der Waals surface area (Å²) in [5, 5.41) is 3.61. The van der Waals surface area contributed by atoms with E-state index in [0.717, 1.165) is 34.5 Å². The normalized spacial score (nSPS) is 15.7. The molecule has 1 N–H and O–H groups in total. The van der Waals surface area contributed by atoms with Crippen molar-refractivity contribution >= 4 is 28.3 Å². The molecule has 1 aromatic heterocycles. The van der Waals surface area contributed by atoms with Gasteiger partial charge in [-0.15, -0.1) is 0 Å². The van der Waals surface area contributed by atoms with Crippen molar-refractivity contribution in [2.75, 3.05) is 11.9 Å². The number of rotatable bonds is 5. The Morgan fingerprint density at radius 2 is 1.63 bits per heavy atom. The van der Waals surface area contributed by atoms with E-state index < -0.39 is 0 Å². The molecule has 1 aliphatic carbocycles. The number of anilines is 1. The maximum Gasteiger partial charge on any atom is 0.234 e. The number of hydrogen-bond acceptors (Lipinski definition) is 4. The van der Waals surface area contributed by atoms with Crippen molar-refractivity contribution in [1.29, 1.82) is 0 Å². The Bertz CT molecular complexity index is 1020. The van der Waals surface area contributed by atoms with Crippen molar-refractivity contribution in [3.8, 4) is 0 Å². The van der Waals surface area contributed by atoms with Crippen molar-refractivity contribution in [3.63, 3.8) is 0 Å². The molecule has 1 fully saturated rings. The van der Waals surface area contributed by atoms with Crippen LogP contribution in [0.5, 0.6) is 0 Å². The average Bonchev–Trinajstić information content (AvgIpc) is 3.55. The van der Waals surface area contributed by atoms with Crippen LogP contribution in [0.15, 0.2) is 60.7 Å². The van der Waals surface area contributed by atoms with Gasteiger partial charge >= 0.3 is 0 Å². The molecule has 152 valence electrons. The van der Waals surface area contributed by atoms with Gasteiger partial charge in [-0.25, -0.2) is 4.98 Å². The molecule has 0 spiro atoms. The summed E-state index contributed by atoms with van der Waals surface area (Å²) in [5.41, 5.74) is 3.01. The fourth-order valence-corrected chi connectivity index (χ4v) is 4.97. The van der Waals surface area contributed by atoms with E-state index in [2.05, 4.69) is 10.3 Å². The second-order valence-corrected chi connectivity index (χ2v) is 9.00. The largest absolute Gasteiger partial charge is 0.336 e. The highest BCUT2D eigenvalue weighted by Crippen LogP contribution is 2.34. The van der Waals surface area contributed by atoms with Crippen LogP contribution in [0.4, 0.5) is 5.13 Å². The van der Waals surface area contributed by atoms with Gasteiger partial charge < -0.3 is 10.2 Å². The van der Waals surface area contributed by atoms with E-state index in [1.165, 1.54) is 11.3 Å². The zero-order valence-corrected chi connectivity index (χ0v) is 17.4. The molecule has 2 aromatic carbocycles. The molecule has 1 saturated carbocycles. The second kappa shape index (κ2) is 8.03. The zero-order chi connectivity index (χ0) is 20.5. The fraction of sp³-hybridized carbons (Fsp3) is 0.292. The number of carbonyl (C=O) groups is 2. The quantitative estimate of drug-likeness (QED) is 0.676. The lowest BCUT2D eigenvalue weighted by Crippen LogP contribution is -2.39. The molecule has 0 bridgehead atoms. The second-order valence-electron chi connectivity index (χ2n) is 7.92. The van der Waals surface area contributed by atoms with Crippen LogP contribution >= 0.6 is 11.3 Å². The first-order chi connectivity index (χ1) is 14.7. The van der Waals surface area contributed by atoms with Crippen LogP contribution in [-0.4, -0.2) is 28.2 Å². The topological polar surface area (TPSA) is 62.3 Å². The highest BCUT2D eigenvalue weighted by atomic mass is 32.1. The van der Waals surface area contributed by atoms with E-state index in [1.807, 2.05) is 65.6 Å². The van der Waals surface area contributed by atoms with Gasteiger partial charge in [0.15, 0.2) is 5.13 Å². The monoisotopic (exact) mass is 417 g/mol. The maximum atomic E-state index is 13.6. The molecule has 5 rings (SSSR count). The molecule has 0 unspecified atom stereocenters. The Morgan fingerprint density at radius 3 is 2.23 bits per heavy atom. The van der Waals surface area contributed by atoms with Gasteiger partial charge in [-0.3, -0.25) is 9.59 Å². The molecule has 0 radical (unpaired) electrons. The van der Waals surface area contributed by atoms with Crippen LogP contribution in [0.1, 0.15) is 40.5 Å². The predicted octanol–water partition coefficient (Wildman–Crippen LogP) is 4.21. The molecule has 2 aliphatic rings. The maximum absolute atomic E-state index is 13.6. The van der Waals surface area contributed by atoms with Gasteiger partial charge in [0, 0.05) is 23.8 Å². The molecule has 1 aliphatic heterocycles. The molecular formula is C24H23N3O2S. The van der Waals surface area contributed by atoms with Gasteiger partial charge in [0.1, 0.15) is 0 Å². The molecule has 0 atom stereocenters. The zero-order valence-electron chi connectivity index (χ0n) is 16.6. The standard InChI is InChI=1S/C24H23N3O2S/c28-22(18-11-12-18)26-24-25-19-13-14-27(15-20(19)30-24)23(29)21(16-7-3-1-4-8-16)17-9-5-2-6-10-17/h1-10,18,21H,11-15H2,(H,25,26,28). The van der Waals surface area contributed by atoms with E-state index in [0.29, 0.717) is 24.6 Å². The first kappa shape index (κ1) is 19.0. The number of nitrogens with one attached hydrogen (secondary N) is 1. The minimum Gasteiger partial charge on any atom is -0.336 e. The Kier molecular flexibility index (Phi) is 5.09. The lowest BCUT2D eigenvalue weighted by atomic mass is 9.89. The summed E-state index contributed by atoms with van der Waals surface area (Å²) in [6.07, 6.45) is 2.66. The van der Waals surface area contributed by atoms with Crippen LogP contribution in [0.2, 0.25) is 0 Å². The number of thiazole rings is 1. The summed E-state index contributed by atoms with van der Waals surface area (Å²) < 4.78 is 0. The van der Waals surface area contributed by atoms with Crippen LogP contribution in [0.3, 0.4) is 0 Å². The molecule has 5 nitrogen and oxygen atoms in total. The Morgan fingerprint density at radius 1 is 1.00 bits per heavy atom. The average molecular weight is 418 g/mol. The van der Waals surface area contributed by atoms with Crippen molar-refractivity contribution in [3.05, 3.63) is 82.4 Å². The minimum atomic E-state index is -0.323. The lowest BCUT2D eigenvalue weighted by molar-refractivity contribution is -0.132. The molecule has 0 saturated heterocycles. The first-order valence-corrected chi connectivity index (χ1v) is 11.2. The minimum absolute atomic E-state index is 0.0715. The van der Waals surface area contributed by atoms with Crippen LogP contribution in [-0.2, 0) is 22.6 Å². The molecule has 6 heteroatoms. The predicted molar refractivity (Wildman–Crippen MR) is 117 cm³/mol. The number of carbonyl (C=O) groups excluding carboxylic acids is 2. The Labute approximate surface area is 179 Å². The third kappa shape index (κ3) is 3.87. The van der Waals surface area contributed by atoms with Crippen LogP contribution < -0.4 is 5.32 Å². The third-order valence-electron chi connectivity index (χ3n) is 5.73. The van der Waals surface area contributed by atoms with E-state index in [1.54, 1.807) is 0 Å². The van der Waals surface area contributed by atoms with Crippen LogP contribution in [0.25, 0.3) is 0 Å². The Balaban J connectivity index is 1.37. The Hall–Kier alpha value is -2.99. The van der Waals surface area contributed by atoms with Gasteiger partial charge in [-0.1, -0.05) is 72.0 Å².